The van der Waals surface area contributed by atoms with E-state index in [4.69, 9.17) is 5.11 Å². The number of carboxylic acids is 1. The summed E-state index contributed by atoms with van der Waals surface area (Å²) in [7, 11) is 0. The summed E-state index contributed by atoms with van der Waals surface area (Å²) in [5.41, 5.74) is 2.32. The Kier molecular flexibility index (Phi) is 5.60. The molecule has 2 N–H and O–H groups in total. The Hall–Kier alpha value is -2.67. The summed E-state index contributed by atoms with van der Waals surface area (Å²) >= 11 is 3.38. The molecule has 0 aliphatic carbocycles. The van der Waals surface area contributed by atoms with Gasteiger partial charge in [0, 0.05) is 23.0 Å². The lowest BCUT2D eigenvalue weighted by Crippen LogP contribution is -2.51. The third-order valence-corrected chi connectivity index (χ3v) is 5.13. The van der Waals surface area contributed by atoms with Crippen molar-refractivity contribution in [2.45, 2.75) is 32.0 Å². The topological polar surface area (TPSA) is 86.7 Å². The highest BCUT2D eigenvalue weighted by molar-refractivity contribution is 9.10. The SMILES string of the molecule is C[C@H](NC(=O)[C@H](Cc1ccc(Br)cc1)N1Cc2ccccc2C1=O)C(=O)O. The first-order chi connectivity index (χ1) is 12.9. The molecule has 0 saturated carbocycles. The van der Waals surface area contributed by atoms with Crippen LogP contribution in [0.4, 0.5) is 0 Å². The van der Waals surface area contributed by atoms with Crippen molar-refractivity contribution < 1.29 is 19.5 Å². The number of hydrogen-bond acceptors (Lipinski definition) is 3. The number of carboxylic acid groups (broad SMARTS) is 1. The molecule has 2 aromatic rings. The van der Waals surface area contributed by atoms with E-state index in [1.54, 1.807) is 12.1 Å². The van der Waals surface area contributed by atoms with Gasteiger partial charge in [-0.05, 0) is 36.2 Å². The van der Waals surface area contributed by atoms with E-state index in [2.05, 4.69) is 21.2 Å². The molecular weight excluding hydrogens is 412 g/mol. The van der Waals surface area contributed by atoms with E-state index in [0.29, 0.717) is 18.5 Å². The predicted molar refractivity (Wildman–Crippen MR) is 103 cm³/mol. The maximum absolute atomic E-state index is 12.8. The van der Waals surface area contributed by atoms with Crippen LogP contribution >= 0.6 is 15.9 Å². The van der Waals surface area contributed by atoms with Crippen molar-refractivity contribution >= 4 is 33.7 Å². The van der Waals surface area contributed by atoms with Gasteiger partial charge in [-0.1, -0.05) is 46.3 Å². The minimum absolute atomic E-state index is 0.217. The fraction of sp³-hybridized carbons (Fsp3) is 0.250. The van der Waals surface area contributed by atoms with Crippen LogP contribution in [0.15, 0.2) is 53.0 Å². The second-order valence-corrected chi connectivity index (χ2v) is 7.42. The highest BCUT2D eigenvalue weighted by Gasteiger charge is 2.37. The summed E-state index contributed by atoms with van der Waals surface area (Å²) in [5, 5.41) is 11.6. The van der Waals surface area contributed by atoms with Crippen LogP contribution in [-0.4, -0.2) is 39.9 Å². The van der Waals surface area contributed by atoms with Crippen molar-refractivity contribution in [2.75, 3.05) is 0 Å². The highest BCUT2D eigenvalue weighted by Crippen LogP contribution is 2.26. The summed E-state index contributed by atoms with van der Waals surface area (Å²) in [5.74, 6) is -1.82. The maximum atomic E-state index is 12.8. The van der Waals surface area contributed by atoms with E-state index < -0.39 is 24.0 Å². The van der Waals surface area contributed by atoms with Crippen LogP contribution in [0.25, 0.3) is 0 Å². The smallest absolute Gasteiger partial charge is 0.325 e. The number of nitrogens with one attached hydrogen (secondary N) is 1. The van der Waals surface area contributed by atoms with E-state index in [9.17, 15) is 14.4 Å². The number of fused-ring (bicyclic) bond motifs is 1. The van der Waals surface area contributed by atoms with Crippen LogP contribution in [0.3, 0.4) is 0 Å². The average Bonchev–Trinajstić information content (AvgIpc) is 2.98. The van der Waals surface area contributed by atoms with E-state index in [-0.39, 0.29) is 5.91 Å². The van der Waals surface area contributed by atoms with E-state index >= 15 is 0 Å². The van der Waals surface area contributed by atoms with Crippen LogP contribution in [0.1, 0.15) is 28.4 Å². The number of benzene rings is 2. The van der Waals surface area contributed by atoms with E-state index in [1.807, 2.05) is 36.4 Å². The molecule has 27 heavy (non-hydrogen) atoms. The van der Waals surface area contributed by atoms with Gasteiger partial charge in [-0.2, -0.15) is 0 Å². The number of amides is 2. The molecule has 2 aromatic carbocycles. The number of carbonyl (C=O) groups excluding carboxylic acids is 2. The fourth-order valence-electron chi connectivity index (χ4n) is 3.09. The van der Waals surface area contributed by atoms with Gasteiger partial charge in [0.15, 0.2) is 0 Å². The number of hydrogen-bond donors (Lipinski definition) is 2. The van der Waals surface area contributed by atoms with Crippen molar-refractivity contribution in [3.8, 4) is 0 Å². The van der Waals surface area contributed by atoms with Crippen LogP contribution in [0.5, 0.6) is 0 Å². The van der Waals surface area contributed by atoms with Crippen molar-refractivity contribution in [1.29, 1.82) is 0 Å². The van der Waals surface area contributed by atoms with Gasteiger partial charge < -0.3 is 15.3 Å². The van der Waals surface area contributed by atoms with E-state index in [0.717, 1.165) is 15.6 Å². The average molecular weight is 431 g/mol. The first kappa shape index (κ1) is 19.1. The molecule has 0 fully saturated rings. The van der Waals surface area contributed by atoms with Crippen LogP contribution in [-0.2, 0) is 22.6 Å². The van der Waals surface area contributed by atoms with Crippen molar-refractivity contribution in [1.82, 2.24) is 10.2 Å². The Balaban J connectivity index is 1.88. The highest BCUT2D eigenvalue weighted by atomic mass is 79.9. The number of carbonyl (C=O) groups is 3. The zero-order valence-electron chi connectivity index (χ0n) is 14.7. The molecule has 1 aliphatic heterocycles. The molecule has 7 heteroatoms. The Bertz CT molecular complexity index is 882. The largest absolute Gasteiger partial charge is 0.480 e. The van der Waals surface area contributed by atoms with Crippen molar-refractivity contribution in [2.24, 2.45) is 0 Å². The van der Waals surface area contributed by atoms with E-state index in [1.165, 1.54) is 11.8 Å². The second kappa shape index (κ2) is 7.92. The summed E-state index contributed by atoms with van der Waals surface area (Å²) < 4.78 is 0.913. The summed E-state index contributed by atoms with van der Waals surface area (Å²) in [4.78, 5) is 38.3. The molecule has 3 rings (SSSR count). The molecule has 1 heterocycles. The minimum Gasteiger partial charge on any atom is -0.480 e. The van der Waals surface area contributed by atoms with Gasteiger partial charge >= 0.3 is 5.97 Å². The third kappa shape index (κ3) is 4.19. The Morgan fingerprint density at radius 1 is 1.19 bits per heavy atom. The minimum atomic E-state index is -1.12. The first-order valence-electron chi connectivity index (χ1n) is 8.53. The van der Waals surface area contributed by atoms with Gasteiger partial charge in [0.05, 0.1) is 0 Å². The normalized spacial score (nSPS) is 15.2. The molecule has 0 bridgehead atoms. The van der Waals surface area contributed by atoms with Gasteiger partial charge in [-0.15, -0.1) is 0 Å². The Morgan fingerprint density at radius 2 is 1.85 bits per heavy atom. The van der Waals surface area contributed by atoms with Gasteiger partial charge in [0.2, 0.25) is 5.91 Å². The lowest BCUT2D eigenvalue weighted by atomic mass is 10.0. The molecule has 0 unspecified atom stereocenters. The predicted octanol–water partition coefficient (Wildman–Crippen LogP) is 2.61. The van der Waals surface area contributed by atoms with Gasteiger partial charge in [-0.3, -0.25) is 14.4 Å². The standard InChI is InChI=1S/C20H19BrN2O4/c1-12(20(26)27)22-18(24)17(10-13-6-8-15(21)9-7-13)23-11-14-4-2-3-5-16(14)19(23)25/h2-9,12,17H,10-11H2,1H3,(H,22,24)(H,26,27)/t12-,17-/m0/s1. The molecule has 2 amide bonds. The molecule has 2 atom stereocenters. The molecule has 1 aliphatic rings. The summed E-state index contributed by atoms with van der Waals surface area (Å²) in [6.07, 6.45) is 0.297. The summed E-state index contributed by atoms with van der Waals surface area (Å²) in [6, 6.07) is 12.9. The van der Waals surface area contributed by atoms with Crippen LogP contribution < -0.4 is 5.32 Å². The van der Waals surface area contributed by atoms with Gasteiger partial charge in [0.25, 0.3) is 5.91 Å². The number of rotatable bonds is 6. The fourth-order valence-corrected chi connectivity index (χ4v) is 3.35. The molecule has 140 valence electrons. The molecule has 0 radical (unpaired) electrons. The molecule has 0 saturated heterocycles. The van der Waals surface area contributed by atoms with Crippen LogP contribution in [0.2, 0.25) is 0 Å². The zero-order valence-corrected chi connectivity index (χ0v) is 16.3. The zero-order chi connectivity index (χ0) is 19.6. The maximum Gasteiger partial charge on any atom is 0.325 e. The second-order valence-electron chi connectivity index (χ2n) is 6.51. The molecule has 0 aromatic heterocycles. The summed E-state index contributed by atoms with van der Waals surface area (Å²) in [6.45, 7) is 1.72. The lowest BCUT2D eigenvalue weighted by Gasteiger charge is -2.28. The van der Waals surface area contributed by atoms with Gasteiger partial charge in [0.1, 0.15) is 12.1 Å². The lowest BCUT2D eigenvalue weighted by molar-refractivity contribution is -0.142. The van der Waals surface area contributed by atoms with Gasteiger partial charge in [-0.25, -0.2) is 0 Å². The molecular formula is C20H19BrN2O4. The molecule has 0 spiro atoms. The third-order valence-electron chi connectivity index (χ3n) is 4.60. The number of halogens is 1. The molecule has 6 nitrogen and oxygen atoms in total. The van der Waals surface area contributed by atoms with Crippen molar-refractivity contribution in [3.05, 3.63) is 69.7 Å². The van der Waals surface area contributed by atoms with Crippen molar-refractivity contribution in [3.63, 3.8) is 0 Å². The Morgan fingerprint density at radius 3 is 2.48 bits per heavy atom. The monoisotopic (exact) mass is 430 g/mol. The quantitative estimate of drug-likeness (QED) is 0.737. The van der Waals surface area contributed by atoms with Crippen LogP contribution in [0, 0.1) is 0 Å². The number of nitrogens with zero attached hydrogens (tertiary/aromatic N) is 1. The number of aliphatic carboxylic acids is 1. The first-order valence-corrected chi connectivity index (χ1v) is 9.32. The Labute approximate surface area is 165 Å².